The van der Waals surface area contributed by atoms with Crippen LogP contribution in [0, 0.1) is 0 Å². The first-order chi connectivity index (χ1) is 3.18. The zero-order valence-corrected chi connectivity index (χ0v) is 7.22. The zero-order valence-electron chi connectivity index (χ0n) is 5.22. The maximum atomic E-state index is 9.81. The smallest absolute Gasteiger partial charge is 0.320 e. The summed E-state index contributed by atoms with van der Waals surface area (Å²) in [6.07, 6.45) is 0.495. The van der Waals surface area contributed by atoms with E-state index in [0.717, 1.165) is 0 Å². The Bertz CT molecular complexity index is 76.4. The molecule has 0 unspecified atom stereocenters. The third kappa shape index (κ3) is 4.59. The molecule has 0 rings (SSSR count). The SMILES string of the molecule is CC[C@H](N)C(=O)O.[Na]. The molecule has 0 saturated heterocycles. The summed E-state index contributed by atoms with van der Waals surface area (Å²) in [5.74, 6) is -0.928. The minimum Gasteiger partial charge on any atom is -0.480 e. The summed E-state index contributed by atoms with van der Waals surface area (Å²) >= 11 is 0. The van der Waals surface area contributed by atoms with Gasteiger partial charge in [0.05, 0.1) is 0 Å². The first kappa shape index (κ1) is 11.3. The molecule has 0 aromatic heterocycles. The van der Waals surface area contributed by atoms with Crippen LogP contribution in [0.5, 0.6) is 0 Å². The second-order valence-electron chi connectivity index (χ2n) is 1.35. The number of hydrogen-bond acceptors (Lipinski definition) is 2. The van der Waals surface area contributed by atoms with E-state index in [-0.39, 0.29) is 29.6 Å². The summed E-state index contributed by atoms with van der Waals surface area (Å²) in [4.78, 5) is 9.81. The normalized spacial score (nSPS) is 11.8. The maximum absolute atomic E-state index is 9.81. The molecular weight excluding hydrogens is 117 g/mol. The van der Waals surface area contributed by atoms with Gasteiger partial charge in [0.15, 0.2) is 0 Å². The van der Waals surface area contributed by atoms with Crippen molar-refractivity contribution in [3.63, 3.8) is 0 Å². The van der Waals surface area contributed by atoms with Gasteiger partial charge in [0.25, 0.3) is 0 Å². The molecule has 4 heteroatoms. The van der Waals surface area contributed by atoms with Crippen molar-refractivity contribution in [1.82, 2.24) is 0 Å². The van der Waals surface area contributed by atoms with E-state index >= 15 is 0 Å². The molecule has 8 heavy (non-hydrogen) atoms. The third-order valence-corrected chi connectivity index (χ3v) is 0.757. The minimum absolute atomic E-state index is 0. The number of carbonyl (C=O) groups is 1. The molecule has 0 bridgehead atoms. The number of hydrogen-bond donors (Lipinski definition) is 2. The molecule has 1 atom stereocenters. The molecule has 3 nitrogen and oxygen atoms in total. The molecule has 0 fully saturated rings. The van der Waals surface area contributed by atoms with Crippen LogP contribution in [0.4, 0.5) is 0 Å². The van der Waals surface area contributed by atoms with Crippen LogP contribution in [-0.2, 0) is 4.79 Å². The van der Waals surface area contributed by atoms with Crippen LogP contribution in [0.2, 0.25) is 0 Å². The van der Waals surface area contributed by atoms with Crippen molar-refractivity contribution < 1.29 is 9.90 Å². The van der Waals surface area contributed by atoms with Crippen molar-refractivity contribution in [2.75, 3.05) is 0 Å². The molecule has 0 heterocycles. The largest absolute Gasteiger partial charge is 0.480 e. The Hall–Kier alpha value is 0.430. The van der Waals surface area contributed by atoms with Crippen LogP contribution in [0.25, 0.3) is 0 Å². The van der Waals surface area contributed by atoms with Crippen LogP contribution in [-0.4, -0.2) is 46.7 Å². The van der Waals surface area contributed by atoms with E-state index in [1.165, 1.54) is 0 Å². The number of carboxylic acids is 1. The zero-order chi connectivity index (χ0) is 5.86. The van der Waals surface area contributed by atoms with E-state index in [1.54, 1.807) is 6.92 Å². The fraction of sp³-hybridized carbons (Fsp3) is 0.750. The first-order valence-corrected chi connectivity index (χ1v) is 2.17. The average molecular weight is 126 g/mol. The Morgan fingerprint density at radius 2 is 2.25 bits per heavy atom. The molecule has 0 aliphatic heterocycles. The van der Waals surface area contributed by atoms with E-state index in [2.05, 4.69) is 0 Å². The summed E-state index contributed by atoms with van der Waals surface area (Å²) in [6, 6.07) is -0.681. The first-order valence-electron chi connectivity index (χ1n) is 2.17. The molecule has 43 valence electrons. The Morgan fingerprint density at radius 1 is 1.88 bits per heavy atom. The summed E-state index contributed by atoms with van der Waals surface area (Å²) in [6.45, 7) is 1.73. The Labute approximate surface area is 70.5 Å². The second kappa shape index (κ2) is 5.56. The molecule has 0 aromatic rings. The van der Waals surface area contributed by atoms with E-state index < -0.39 is 12.0 Å². The number of aliphatic carboxylic acids is 1. The van der Waals surface area contributed by atoms with Gasteiger partial charge in [-0.1, -0.05) is 6.92 Å². The van der Waals surface area contributed by atoms with Gasteiger partial charge in [0, 0.05) is 29.6 Å². The summed E-state index contributed by atoms with van der Waals surface area (Å²) in [5, 5.41) is 8.06. The van der Waals surface area contributed by atoms with Gasteiger partial charge in [0.2, 0.25) is 0 Å². The van der Waals surface area contributed by atoms with Crippen LogP contribution in [0.1, 0.15) is 13.3 Å². The summed E-state index contributed by atoms with van der Waals surface area (Å²) < 4.78 is 0. The maximum Gasteiger partial charge on any atom is 0.320 e. The van der Waals surface area contributed by atoms with Crippen LogP contribution < -0.4 is 5.73 Å². The molecule has 0 amide bonds. The minimum atomic E-state index is -0.928. The Kier molecular flexibility index (Phi) is 7.83. The number of rotatable bonds is 2. The molecule has 1 radical (unpaired) electrons. The number of carboxylic acid groups (broad SMARTS) is 1. The fourth-order valence-electron chi connectivity index (χ4n) is 0.175. The van der Waals surface area contributed by atoms with E-state index in [4.69, 9.17) is 10.8 Å². The topological polar surface area (TPSA) is 63.3 Å². The quantitative estimate of drug-likeness (QED) is 0.487. The van der Waals surface area contributed by atoms with Crippen molar-refractivity contribution in [2.24, 2.45) is 5.73 Å². The predicted octanol–water partition coefficient (Wildman–Crippen LogP) is -0.573. The van der Waals surface area contributed by atoms with Gasteiger partial charge in [-0.15, -0.1) is 0 Å². The van der Waals surface area contributed by atoms with E-state index in [9.17, 15) is 4.79 Å². The fourth-order valence-corrected chi connectivity index (χ4v) is 0.175. The van der Waals surface area contributed by atoms with Crippen molar-refractivity contribution in [3.05, 3.63) is 0 Å². The van der Waals surface area contributed by atoms with Gasteiger partial charge in [-0.25, -0.2) is 0 Å². The summed E-state index contributed by atoms with van der Waals surface area (Å²) in [5.41, 5.74) is 5.02. The van der Waals surface area contributed by atoms with Gasteiger partial charge in [-0.3, -0.25) is 4.79 Å². The van der Waals surface area contributed by atoms with Crippen molar-refractivity contribution in [3.8, 4) is 0 Å². The van der Waals surface area contributed by atoms with Gasteiger partial charge >= 0.3 is 5.97 Å². The Balaban J connectivity index is 0. The molecule has 0 aromatic carbocycles. The molecule has 0 aliphatic rings. The van der Waals surface area contributed by atoms with Crippen LogP contribution in [0.3, 0.4) is 0 Å². The molecule has 0 aliphatic carbocycles. The summed E-state index contributed by atoms with van der Waals surface area (Å²) in [7, 11) is 0. The van der Waals surface area contributed by atoms with Crippen LogP contribution >= 0.6 is 0 Å². The second-order valence-corrected chi connectivity index (χ2v) is 1.35. The molecule has 0 spiro atoms. The van der Waals surface area contributed by atoms with Gasteiger partial charge in [-0.2, -0.15) is 0 Å². The Morgan fingerprint density at radius 3 is 2.25 bits per heavy atom. The number of nitrogens with two attached hydrogens (primary N) is 1. The van der Waals surface area contributed by atoms with Crippen LogP contribution in [0.15, 0.2) is 0 Å². The predicted molar refractivity (Wildman–Crippen MR) is 31.7 cm³/mol. The van der Waals surface area contributed by atoms with Crippen molar-refractivity contribution >= 4 is 35.5 Å². The average Bonchev–Trinajstić information content (AvgIpc) is 1.65. The molecule has 3 N–H and O–H groups in total. The third-order valence-electron chi connectivity index (χ3n) is 0.757. The standard InChI is InChI=1S/C4H9NO2.Na/c1-2-3(5)4(6)7;/h3H,2,5H2,1H3,(H,6,7);/t3-;/m0./s1. The monoisotopic (exact) mass is 126 g/mol. The van der Waals surface area contributed by atoms with Crippen molar-refractivity contribution in [1.29, 1.82) is 0 Å². The molecular formula is C4H9NNaO2. The van der Waals surface area contributed by atoms with Gasteiger partial charge in [0.1, 0.15) is 6.04 Å². The van der Waals surface area contributed by atoms with E-state index in [0.29, 0.717) is 6.42 Å². The van der Waals surface area contributed by atoms with Gasteiger partial charge < -0.3 is 10.8 Å². The van der Waals surface area contributed by atoms with Crippen molar-refractivity contribution in [2.45, 2.75) is 19.4 Å². The van der Waals surface area contributed by atoms with Gasteiger partial charge in [-0.05, 0) is 6.42 Å². The van der Waals surface area contributed by atoms with E-state index in [1.807, 2.05) is 0 Å². The molecule has 0 saturated carbocycles.